The molecule has 4 atom stereocenters. The molecule has 2 aliphatic heterocycles. The standard InChI is InChI=1S/C17H27N3O6/c1-3-11(16(23)24)19-8-4-6-12(19)14(21)18-10(2)15(22)20-9-5-7-13(20)17(25)26/h10-13H,3-9H2,1-2H3,(H,18,21)(H,23,24)(H,25,26)/t10-,11?,12-,13-/m0/s1. The number of rotatable bonds is 7. The van der Waals surface area contributed by atoms with Gasteiger partial charge in [-0.2, -0.15) is 0 Å². The van der Waals surface area contributed by atoms with Gasteiger partial charge in [-0.3, -0.25) is 19.3 Å². The van der Waals surface area contributed by atoms with Gasteiger partial charge < -0.3 is 20.4 Å². The smallest absolute Gasteiger partial charge is 0.326 e. The van der Waals surface area contributed by atoms with E-state index < -0.39 is 42.0 Å². The van der Waals surface area contributed by atoms with E-state index in [1.54, 1.807) is 11.8 Å². The molecule has 2 rings (SSSR count). The van der Waals surface area contributed by atoms with E-state index in [9.17, 15) is 29.4 Å². The molecule has 146 valence electrons. The summed E-state index contributed by atoms with van der Waals surface area (Å²) in [7, 11) is 0. The number of amides is 2. The van der Waals surface area contributed by atoms with E-state index in [4.69, 9.17) is 0 Å². The van der Waals surface area contributed by atoms with Crippen molar-refractivity contribution in [1.82, 2.24) is 15.1 Å². The molecule has 2 fully saturated rings. The van der Waals surface area contributed by atoms with Crippen LogP contribution in [-0.2, 0) is 19.2 Å². The van der Waals surface area contributed by atoms with E-state index in [2.05, 4.69) is 5.32 Å². The average molecular weight is 369 g/mol. The molecule has 3 N–H and O–H groups in total. The Hall–Kier alpha value is -2.16. The van der Waals surface area contributed by atoms with Crippen LogP contribution < -0.4 is 5.32 Å². The molecule has 0 aromatic carbocycles. The fraction of sp³-hybridized carbons (Fsp3) is 0.765. The zero-order chi connectivity index (χ0) is 19.4. The van der Waals surface area contributed by atoms with Crippen molar-refractivity contribution < 1.29 is 29.4 Å². The van der Waals surface area contributed by atoms with Gasteiger partial charge in [0.1, 0.15) is 18.1 Å². The van der Waals surface area contributed by atoms with E-state index in [0.717, 1.165) is 6.42 Å². The minimum atomic E-state index is -1.04. The first-order valence-electron chi connectivity index (χ1n) is 9.10. The van der Waals surface area contributed by atoms with Crippen LogP contribution in [0.2, 0.25) is 0 Å². The van der Waals surface area contributed by atoms with Crippen LogP contribution >= 0.6 is 0 Å². The lowest BCUT2D eigenvalue weighted by Crippen LogP contribution is -2.55. The Kier molecular flexibility index (Phi) is 6.57. The highest BCUT2D eigenvalue weighted by Gasteiger charge is 2.40. The van der Waals surface area contributed by atoms with E-state index in [0.29, 0.717) is 38.8 Å². The van der Waals surface area contributed by atoms with Crippen LogP contribution in [-0.4, -0.2) is 81.0 Å². The fourth-order valence-electron chi connectivity index (χ4n) is 3.90. The van der Waals surface area contributed by atoms with E-state index in [1.165, 1.54) is 11.8 Å². The van der Waals surface area contributed by atoms with Gasteiger partial charge in [0.25, 0.3) is 0 Å². The first-order chi connectivity index (χ1) is 12.3. The zero-order valence-electron chi connectivity index (χ0n) is 15.2. The summed E-state index contributed by atoms with van der Waals surface area (Å²) < 4.78 is 0. The van der Waals surface area contributed by atoms with Crippen molar-refractivity contribution in [3.8, 4) is 0 Å². The van der Waals surface area contributed by atoms with Crippen LogP contribution in [0.15, 0.2) is 0 Å². The molecule has 0 saturated carbocycles. The van der Waals surface area contributed by atoms with Gasteiger partial charge in [0.15, 0.2) is 0 Å². The number of carboxylic acid groups (broad SMARTS) is 2. The number of aliphatic carboxylic acids is 2. The second-order valence-corrected chi connectivity index (χ2v) is 6.92. The predicted molar refractivity (Wildman–Crippen MR) is 91.4 cm³/mol. The molecular weight excluding hydrogens is 342 g/mol. The van der Waals surface area contributed by atoms with Gasteiger partial charge >= 0.3 is 11.9 Å². The predicted octanol–water partition coefficient (Wildman–Crippen LogP) is -0.106. The van der Waals surface area contributed by atoms with Gasteiger partial charge in [-0.1, -0.05) is 6.92 Å². The van der Waals surface area contributed by atoms with Gasteiger partial charge in [-0.05, 0) is 45.6 Å². The number of carbonyl (C=O) groups excluding carboxylic acids is 2. The molecule has 2 amide bonds. The Morgan fingerprint density at radius 3 is 2.27 bits per heavy atom. The van der Waals surface area contributed by atoms with E-state index in [-0.39, 0.29) is 5.91 Å². The first-order valence-corrected chi connectivity index (χ1v) is 9.10. The van der Waals surface area contributed by atoms with E-state index in [1.807, 2.05) is 0 Å². The van der Waals surface area contributed by atoms with Crippen LogP contribution in [0.4, 0.5) is 0 Å². The molecule has 2 aliphatic rings. The minimum Gasteiger partial charge on any atom is -0.480 e. The molecule has 0 aromatic heterocycles. The molecule has 0 radical (unpaired) electrons. The highest BCUT2D eigenvalue weighted by Crippen LogP contribution is 2.23. The van der Waals surface area contributed by atoms with Crippen LogP contribution in [0.5, 0.6) is 0 Å². The van der Waals surface area contributed by atoms with Crippen molar-refractivity contribution in [1.29, 1.82) is 0 Å². The molecule has 26 heavy (non-hydrogen) atoms. The third kappa shape index (κ3) is 4.14. The Labute approximate surface area is 152 Å². The Morgan fingerprint density at radius 1 is 1.08 bits per heavy atom. The molecule has 0 bridgehead atoms. The summed E-state index contributed by atoms with van der Waals surface area (Å²) in [4.78, 5) is 50.8. The summed E-state index contributed by atoms with van der Waals surface area (Å²) in [5.41, 5.74) is 0. The molecule has 9 heteroatoms. The maximum absolute atomic E-state index is 12.6. The largest absolute Gasteiger partial charge is 0.480 e. The molecule has 0 spiro atoms. The lowest BCUT2D eigenvalue weighted by atomic mass is 10.1. The minimum absolute atomic E-state index is 0.364. The Bertz CT molecular complexity index is 581. The van der Waals surface area contributed by atoms with E-state index >= 15 is 0 Å². The number of carboxylic acids is 2. The molecule has 9 nitrogen and oxygen atoms in total. The summed E-state index contributed by atoms with van der Waals surface area (Å²) in [5, 5.41) is 21.2. The van der Waals surface area contributed by atoms with Crippen molar-refractivity contribution in [3.05, 3.63) is 0 Å². The third-order valence-electron chi connectivity index (χ3n) is 5.22. The topological polar surface area (TPSA) is 127 Å². The monoisotopic (exact) mass is 369 g/mol. The molecule has 0 aliphatic carbocycles. The number of nitrogens with one attached hydrogen (secondary N) is 1. The maximum atomic E-state index is 12.6. The summed E-state index contributed by atoms with van der Waals surface area (Å²) >= 11 is 0. The molecule has 2 heterocycles. The van der Waals surface area contributed by atoms with Crippen LogP contribution in [0, 0.1) is 0 Å². The van der Waals surface area contributed by atoms with Crippen molar-refractivity contribution in [2.45, 2.75) is 70.1 Å². The van der Waals surface area contributed by atoms with Gasteiger partial charge in [0.2, 0.25) is 11.8 Å². The normalized spacial score (nSPS) is 25.7. The fourth-order valence-corrected chi connectivity index (χ4v) is 3.90. The van der Waals surface area contributed by atoms with Crippen molar-refractivity contribution >= 4 is 23.8 Å². The SMILES string of the molecule is CCC(C(=O)O)N1CCC[C@H]1C(=O)N[C@@H](C)C(=O)N1CCC[C@H]1C(=O)O. The second-order valence-electron chi connectivity index (χ2n) is 6.92. The third-order valence-corrected chi connectivity index (χ3v) is 5.22. The molecule has 0 aromatic rings. The summed E-state index contributed by atoms with van der Waals surface area (Å²) in [6.45, 7) is 4.18. The summed E-state index contributed by atoms with van der Waals surface area (Å²) in [6, 6.07) is -3.01. The first kappa shape index (κ1) is 20.2. The maximum Gasteiger partial charge on any atom is 0.326 e. The highest BCUT2D eigenvalue weighted by atomic mass is 16.4. The van der Waals surface area contributed by atoms with Gasteiger partial charge in [0, 0.05) is 6.54 Å². The van der Waals surface area contributed by atoms with Crippen molar-refractivity contribution in [3.63, 3.8) is 0 Å². The average Bonchev–Trinajstić information content (AvgIpc) is 3.23. The second kappa shape index (κ2) is 8.48. The van der Waals surface area contributed by atoms with Crippen molar-refractivity contribution in [2.75, 3.05) is 13.1 Å². The van der Waals surface area contributed by atoms with Gasteiger partial charge in [0.05, 0.1) is 6.04 Å². The van der Waals surface area contributed by atoms with Crippen LogP contribution in [0.25, 0.3) is 0 Å². The zero-order valence-corrected chi connectivity index (χ0v) is 15.2. The Morgan fingerprint density at radius 2 is 1.69 bits per heavy atom. The lowest BCUT2D eigenvalue weighted by molar-refractivity contribution is -0.149. The molecule has 1 unspecified atom stereocenters. The van der Waals surface area contributed by atoms with Gasteiger partial charge in [-0.25, -0.2) is 4.79 Å². The van der Waals surface area contributed by atoms with Gasteiger partial charge in [-0.15, -0.1) is 0 Å². The quantitative estimate of drug-likeness (QED) is 0.571. The number of nitrogens with zero attached hydrogens (tertiary/aromatic N) is 2. The van der Waals surface area contributed by atoms with Crippen LogP contribution in [0.1, 0.15) is 46.0 Å². The van der Waals surface area contributed by atoms with Crippen LogP contribution in [0.3, 0.4) is 0 Å². The lowest BCUT2D eigenvalue weighted by Gasteiger charge is -2.30. The Balaban J connectivity index is 2.00. The summed E-state index contributed by atoms with van der Waals surface area (Å²) in [5.74, 6) is -2.80. The number of hydrogen-bond donors (Lipinski definition) is 3. The van der Waals surface area contributed by atoms with Crippen molar-refractivity contribution in [2.24, 2.45) is 0 Å². The number of carbonyl (C=O) groups is 4. The molecule has 2 saturated heterocycles. The molecular formula is C17H27N3O6. The summed E-state index contributed by atoms with van der Waals surface area (Å²) in [6.07, 6.45) is 2.68. The number of likely N-dealkylation sites (tertiary alicyclic amines) is 2. The number of hydrogen-bond acceptors (Lipinski definition) is 5. The highest BCUT2D eigenvalue weighted by molar-refractivity contribution is 5.92.